The van der Waals surface area contributed by atoms with Crippen molar-refractivity contribution >= 4 is 34.4 Å². The largest absolute Gasteiger partial charge is 0.496 e. The predicted molar refractivity (Wildman–Crippen MR) is 157 cm³/mol. The number of pyridine rings is 3. The van der Waals surface area contributed by atoms with E-state index in [1.54, 1.807) is 18.3 Å². The normalized spacial score (nSPS) is 16.3. The summed E-state index contributed by atoms with van der Waals surface area (Å²) < 4.78 is 28.3. The fourth-order valence-electron chi connectivity index (χ4n) is 5.88. The van der Waals surface area contributed by atoms with Gasteiger partial charge in [0.25, 0.3) is 0 Å². The van der Waals surface area contributed by atoms with Gasteiger partial charge in [-0.15, -0.1) is 0 Å². The fraction of sp³-hybridized carbons (Fsp3) is 0.333. The van der Waals surface area contributed by atoms with Crippen LogP contribution >= 0.6 is 11.6 Å². The summed E-state index contributed by atoms with van der Waals surface area (Å²) in [5.41, 5.74) is 2.51. The highest BCUT2D eigenvalue weighted by Gasteiger charge is 2.39. The highest BCUT2D eigenvalue weighted by Crippen LogP contribution is 2.44. The average molecular weight is 594 g/mol. The average Bonchev–Trinajstić information content (AvgIpc) is 2.97. The first-order chi connectivity index (χ1) is 20.1. The van der Waals surface area contributed by atoms with Crippen molar-refractivity contribution in [1.82, 2.24) is 19.4 Å². The molecule has 1 fully saturated rings. The monoisotopic (exact) mass is 593 g/mol. The van der Waals surface area contributed by atoms with E-state index >= 15 is 4.39 Å². The molecule has 0 saturated carbocycles. The number of carboxylic acid groups (broad SMARTS) is 1. The molecule has 0 radical (unpaired) electrons. The van der Waals surface area contributed by atoms with Crippen LogP contribution in [0.1, 0.15) is 31.0 Å². The summed E-state index contributed by atoms with van der Waals surface area (Å²) in [5.74, 6) is -0.256. The standard InChI is InChI=1S/C30H29ClFN5O5/c1-15(2)23-25(16(3)8-9-33-23)37-28-18(12-19(31)24(34-28)22-20(32)6-5-7-21(22)41-4)26-27(29(37)38)42-14-17-13-35(30(39)40)10-11-36(17)26/h5-9,12,15,17H,10-11,13-14H2,1-4H3,(H,39,40)/t17-/m1/s1. The molecular formula is C30H29ClFN5O5. The molecule has 0 spiro atoms. The molecule has 5 heterocycles. The highest BCUT2D eigenvalue weighted by atomic mass is 35.5. The number of halogens is 2. The molecule has 12 heteroatoms. The number of piperazine rings is 1. The molecule has 2 aliphatic rings. The Labute approximate surface area is 245 Å². The van der Waals surface area contributed by atoms with Crippen LogP contribution in [0.5, 0.6) is 11.5 Å². The molecule has 0 aliphatic carbocycles. The molecule has 218 valence electrons. The van der Waals surface area contributed by atoms with Gasteiger partial charge in [0.15, 0.2) is 5.65 Å². The second kappa shape index (κ2) is 10.5. The number of nitrogens with zero attached hydrogens (tertiary/aromatic N) is 5. The van der Waals surface area contributed by atoms with Crippen LogP contribution in [-0.2, 0) is 0 Å². The SMILES string of the molecule is COc1cccc(F)c1-c1nc2c(cc1Cl)c1c(c(=O)n2-c2c(C)ccnc2C(C)C)OC[C@H]2CN(C(=O)O)CCN12. The maximum Gasteiger partial charge on any atom is 0.407 e. The van der Waals surface area contributed by atoms with Crippen molar-refractivity contribution in [2.45, 2.75) is 32.7 Å². The molecule has 1 amide bonds. The maximum absolute atomic E-state index is 15.3. The van der Waals surface area contributed by atoms with Crippen LogP contribution in [-0.4, -0.2) is 70.0 Å². The lowest BCUT2D eigenvalue weighted by Gasteiger charge is -2.45. The Bertz CT molecular complexity index is 1810. The summed E-state index contributed by atoms with van der Waals surface area (Å²) in [5, 5.41) is 10.2. The van der Waals surface area contributed by atoms with E-state index in [1.807, 2.05) is 31.7 Å². The van der Waals surface area contributed by atoms with Crippen LogP contribution in [0.15, 0.2) is 41.3 Å². The van der Waals surface area contributed by atoms with E-state index < -0.39 is 17.5 Å². The third kappa shape index (κ3) is 4.30. The van der Waals surface area contributed by atoms with Gasteiger partial charge < -0.3 is 24.4 Å². The third-order valence-corrected chi connectivity index (χ3v) is 8.14. The number of benzene rings is 1. The lowest BCUT2D eigenvalue weighted by molar-refractivity contribution is 0.123. The number of methoxy groups -OCH3 is 1. The summed E-state index contributed by atoms with van der Waals surface area (Å²) in [6.45, 7) is 6.80. The number of ether oxygens (including phenoxy) is 2. The number of aryl methyl sites for hydroxylation is 1. The van der Waals surface area contributed by atoms with Crippen molar-refractivity contribution in [1.29, 1.82) is 0 Å². The Kier molecular flexibility index (Phi) is 6.92. The number of anilines is 1. The zero-order chi connectivity index (χ0) is 29.9. The van der Waals surface area contributed by atoms with Crippen LogP contribution in [0.25, 0.3) is 28.0 Å². The second-order valence-corrected chi connectivity index (χ2v) is 11.1. The van der Waals surface area contributed by atoms with E-state index in [0.29, 0.717) is 29.0 Å². The van der Waals surface area contributed by atoms with Gasteiger partial charge in [0.1, 0.15) is 18.2 Å². The molecule has 1 atom stereocenters. The van der Waals surface area contributed by atoms with Gasteiger partial charge in [0, 0.05) is 31.2 Å². The second-order valence-electron chi connectivity index (χ2n) is 10.7. The number of hydrogen-bond acceptors (Lipinski definition) is 7. The fourth-order valence-corrected chi connectivity index (χ4v) is 6.12. The predicted octanol–water partition coefficient (Wildman–Crippen LogP) is 5.24. The molecule has 6 rings (SSSR count). The first-order valence-electron chi connectivity index (χ1n) is 13.6. The lowest BCUT2D eigenvalue weighted by Crippen LogP contribution is -2.58. The minimum absolute atomic E-state index is 0.0364. The molecular weight excluding hydrogens is 565 g/mol. The van der Waals surface area contributed by atoms with Crippen molar-refractivity contribution in [3.8, 4) is 28.4 Å². The van der Waals surface area contributed by atoms with Gasteiger partial charge in [-0.25, -0.2) is 14.2 Å². The number of amides is 1. The first-order valence-corrected chi connectivity index (χ1v) is 14.0. The molecule has 1 saturated heterocycles. The Hall–Kier alpha value is -4.38. The van der Waals surface area contributed by atoms with Gasteiger partial charge in [-0.05, 0) is 42.7 Å². The van der Waals surface area contributed by atoms with Crippen LogP contribution in [0.2, 0.25) is 5.02 Å². The Morgan fingerprint density at radius 1 is 1.24 bits per heavy atom. The van der Waals surface area contributed by atoms with Crippen molar-refractivity contribution in [3.05, 3.63) is 69.0 Å². The topological polar surface area (TPSA) is 110 Å². The summed E-state index contributed by atoms with van der Waals surface area (Å²) in [4.78, 5) is 38.9. The summed E-state index contributed by atoms with van der Waals surface area (Å²) in [6, 6.07) is 7.59. The molecule has 0 unspecified atom stereocenters. The van der Waals surface area contributed by atoms with E-state index in [2.05, 4.69) is 4.98 Å². The quantitative estimate of drug-likeness (QED) is 0.342. The van der Waals surface area contributed by atoms with Crippen molar-refractivity contribution in [3.63, 3.8) is 0 Å². The molecule has 42 heavy (non-hydrogen) atoms. The van der Waals surface area contributed by atoms with Gasteiger partial charge in [0.2, 0.25) is 5.75 Å². The van der Waals surface area contributed by atoms with Crippen LogP contribution in [0.4, 0.5) is 14.9 Å². The Morgan fingerprint density at radius 2 is 2.02 bits per heavy atom. The molecule has 0 bridgehead atoms. The first kappa shape index (κ1) is 27.8. The Balaban J connectivity index is 1.72. The number of carbonyl (C=O) groups is 1. The smallest absolute Gasteiger partial charge is 0.407 e. The molecule has 4 aromatic rings. The lowest BCUT2D eigenvalue weighted by atomic mass is 10.0. The maximum atomic E-state index is 15.3. The van der Waals surface area contributed by atoms with E-state index in [-0.39, 0.29) is 65.1 Å². The van der Waals surface area contributed by atoms with Crippen molar-refractivity contribution in [2.75, 3.05) is 38.3 Å². The highest BCUT2D eigenvalue weighted by molar-refractivity contribution is 6.34. The zero-order valence-corrected chi connectivity index (χ0v) is 24.3. The minimum atomic E-state index is -1.01. The van der Waals surface area contributed by atoms with Gasteiger partial charge >= 0.3 is 11.7 Å². The van der Waals surface area contributed by atoms with E-state index in [4.69, 9.17) is 26.1 Å². The molecule has 3 aromatic heterocycles. The molecule has 2 aliphatic heterocycles. The summed E-state index contributed by atoms with van der Waals surface area (Å²) >= 11 is 6.84. The van der Waals surface area contributed by atoms with E-state index in [0.717, 1.165) is 5.56 Å². The number of fused-ring (bicyclic) bond motifs is 5. The van der Waals surface area contributed by atoms with Gasteiger partial charge in [-0.3, -0.25) is 14.3 Å². The summed E-state index contributed by atoms with van der Waals surface area (Å²) in [6.07, 6.45) is 0.685. The number of hydrogen-bond donors (Lipinski definition) is 1. The van der Waals surface area contributed by atoms with Crippen LogP contribution in [0, 0.1) is 12.7 Å². The molecule has 1 N–H and O–H groups in total. The number of aromatic nitrogens is 3. The van der Waals surface area contributed by atoms with Crippen LogP contribution < -0.4 is 19.9 Å². The molecule has 1 aromatic carbocycles. The van der Waals surface area contributed by atoms with E-state index in [9.17, 15) is 14.7 Å². The zero-order valence-electron chi connectivity index (χ0n) is 23.5. The van der Waals surface area contributed by atoms with Gasteiger partial charge in [0.05, 0.1) is 46.5 Å². The Morgan fingerprint density at radius 3 is 2.74 bits per heavy atom. The van der Waals surface area contributed by atoms with Gasteiger partial charge in [-0.1, -0.05) is 31.5 Å². The van der Waals surface area contributed by atoms with Crippen molar-refractivity contribution in [2.24, 2.45) is 0 Å². The minimum Gasteiger partial charge on any atom is -0.496 e. The molecule has 10 nitrogen and oxygen atoms in total. The van der Waals surface area contributed by atoms with Gasteiger partial charge in [-0.2, -0.15) is 0 Å². The third-order valence-electron chi connectivity index (χ3n) is 7.85. The number of rotatable bonds is 4. The van der Waals surface area contributed by atoms with Crippen LogP contribution in [0.3, 0.4) is 0 Å². The van der Waals surface area contributed by atoms with E-state index in [1.165, 1.54) is 28.7 Å². The summed E-state index contributed by atoms with van der Waals surface area (Å²) in [7, 11) is 1.43. The van der Waals surface area contributed by atoms with Crippen molar-refractivity contribution < 1.29 is 23.8 Å².